The van der Waals surface area contributed by atoms with Gasteiger partial charge in [-0.25, -0.2) is 13.1 Å². The summed E-state index contributed by atoms with van der Waals surface area (Å²) in [5.74, 6) is -0.0422. The third-order valence-electron chi connectivity index (χ3n) is 3.60. The number of morpholine rings is 1. The first-order valence-electron chi connectivity index (χ1n) is 8.19. The van der Waals surface area contributed by atoms with E-state index in [-0.39, 0.29) is 24.0 Å². The number of ether oxygens (including phenoxy) is 1. The lowest BCUT2D eigenvalue weighted by atomic mass is 10.0. The van der Waals surface area contributed by atoms with Crippen molar-refractivity contribution < 1.29 is 17.9 Å². The van der Waals surface area contributed by atoms with Gasteiger partial charge >= 0.3 is 0 Å². The highest BCUT2D eigenvalue weighted by molar-refractivity contribution is 7.88. The summed E-state index contributed by atoms with van der Waals surface area (Å²) in [4.78, 5) is 14.5. The minimum atomic E-state index is -3.41. The number of carbonyl (C=O) groups is 1. The van der Waals surface area contributed by atoms with Crippen LogP contribution in [0.3, 0.4) is 0 Å². The van der Waals surface area contributed by atoms with Crippen molar-refractivity contribution in [2.75, 3.05) is 32.4 Å². The highest BCUT2D eigenvalue weighted by Gasteiger charge is 2.24. The van der Waals surface area contributed by atoms with Crippen LogP contribution in [0.15, 0.2) is 0 Å². The third-order valence-corrected chi connectivity index (χ3v) is 4.32. The van der Waals surface area contributed by atoms with E-state index >= 15 is 0 Å². The first-order valence-corrected chi connectivity index (χ1v) is 10.1. The summed E-state index contributed by atoms with van der Waals surface area (Å²) in [7, 11) is -3.41. The van der Waals surface area contributed by atoms with Crippen LogP contribution >= 0.6 is 0 Å². The van der Waals surface area contributed by atoms with E-state index in [2.05, 4.69) is 14.9 Å². The van der Waals surface area contributed by atoms with Crippen molar-refractivity contribution >= 4 is 15.9 Å². The van der Waals surface area contributed by atoms with Gasteiger partial charge in [-0.1, -0.05) is 13.8 Å². The van der Waals surface area contributed by atoms with Crippen LogP contribution in [0, 0.1) is 5.92 Å². The van der Waals surface area contributed by atoms with Gasteiger partial charge in [0, 0.05) is 26.2 Å². The van der Waals surface area contributed by atoms with Crippen LogP contribution in [0.25, 0.3) is 0 Å². The second-order valence-corrected chi connectivity index (χ2v) is 8.66. The molecule has 23 heavy (non-hydrogen) atoms. The molecule has 1 heterocycles. The van der Waals surface area contributed by atoms with Crippen LogP contribution in [-0.2, 0) is 19.6 Å². The molecule has 0 spiro atoms. The zero-order valence-electron chi connectivity index (χ0n) is 14.8. The lowest BCUT2D eigenvalue weighted by Gasteiger charge is -2.35. The van der Waals surface area contributed by atoms with Crippen molar-refractivity contribution in [1.29, 1.82) is 0 Å². The number of nitrogens with one attached hydrogen (secondary N) is 2. The van der Waals surface area contributed by atoms with Crippen LogP contribution in [0.1, 0.15) is 34.1 Å². The van der Waals surface area contributed by atoms with Gasteiger partial charge in [-0.05, 0) is 26.2 Å². The molecular formula is C15H31N3O4S. The zero-order chi connectivity index (χ0) is 17.6. The van der Waals surface area contributed by atoms with Gasteiger partial charge in [0.05, 0.1) is 18.5 Å². The molecule has 0 aliphatic carbocycles. The van der Waals surface area contributed by atoms with E-state index in [1.807, 2.05) is 27.7 Å². The van der Waals surface area contributed by atoms with Crippen LogP contribution < -0.4 is 10.0 Å². The fraction of sp³-hybridized carbons (Fsp3) is 0.933. The first-order chi connectivity index (χ1) is 10.6. The van der Waals surface area contributed by atoms with E-state index < -0.39 is 16.1 Å². The predicted octanol–water partition coefficient (Wildman–Crippen LogP) is 0.176. The van der Waals surface area contributed by atoms with E-state index in [9.17, 15) is 13.2 Å². The van der Waals surface area contributed by atoms with E-state index in [1.165, 1.54) is 0 Å². The summed E-state index contributed by atoms with van der Waals surface area (Å²) >= 11 is 0. The lowest BCUT2D eigenvalue weighted by Crippen LogP contribution is -2.51. The van der Waals surface area contributed by atoms with Gasteiger partial charge in [0.25, 0.3) is 0 Å². The molecule has 1 amide bonds. The fourth-order valence-corrected chi connectivity index (χ4v) is 3.59. The number of sulfonamides is 1. The van der Waals surface area contributed by atoms with Gasteiger partial charge in [-0.2, -0.15) is 0 Å². The quantitative estimate of drug-likeness (QED) is 0.652. The maximum absolute atomic E-state index is 12.2. The summed E-state index contributed by atoms with van der Waals surface area (Å²) < 4.78 is 30.9. The van der Waals surface area contributed by atoms with E-state index in [4.69, 9.17) is 4.74 Å². The monoisotopic (exact) mass is 349 g/mol. The van der Waals surface area contributed by atoms with Crippen molar-refractivity contribution in [3.05, 3.63) is 0 Å². The number of hydrogen-bond acceptors (Lipinski definition) is 5. The maximum Gasteiger partial charge on any atom is 0.238 e. The smallest absolute Gasteiger partial charge is 0.238 e. The van der Waals surface area contributed by atoms with Gasteiger partial charge in [-0.3, -0.25) is 9.69 Å². The summed E-state index contributed by atoms with van der Waals surface area (Å²) in [6, 6.07) is -0.715. The largest absolute Gasteiger partial charge is 0.373 e. The molecular weight excluding hydrogens is 318 g/mol. The normalized spacial score (nSPS) is 24.6. The molecule has 1 fully saturated rings. The van der Waals surface area contributed by atoms with E-state index in [0.29, 0.717) is 13.0 Å². The van der Waals surface area contributed by atoms with E-state index in [1.54, 1.807) is 0 Å². The molecule has 0 aromatic heterocycles. The Morgan fingerprint density at radius 3 is 2.30 bits per heavy atom. The van der Waals surface area contributed by atoms with Crippen LogP contribution in [0.5, 0.6) is 0 Å². The Labute approximate surface area is 140 Å². The molecule has 3 atom stereocenters. The first kappa shape index (κ1) is 20.3. The number of amides is 1. The molecule has 3 unspecified atom stereocenters. The molecule has 1 aliphatic rings. The Balaban J connectivity index is 2.45. The van der Waals surface area contributed by atoms with Gasteiger partial charge in [0.15, 0.2) is 0 Å². The zero-order valence-corrected chi connectivity index (χ0v) is 15.6. The van der Waals surface area contributed by atoms with Crippen molar-refractivity contribution in [2.24, 2.45) is 5.92 Å². The van der Waals surface area contributed by atoms with Crippen LogP contribution in [0.4, 0.5) is 0 Å². The van der Waals surface area contributed by atoms with Crippen molar-refractivity contribution in [3.8, 4) is 0 Å². The second kappa shape index (κ2) is 8.96. The molecule has 0 aromatic carbocycles. The highest BCUT2D eigenvalue weighted by atomic mass is 32.2. The van der Waals surface area contributed by atoms with Crippen molar-refractivity contribution in [3.63, 3.8) is 0 Å². The van der Waals surface area contributed by atoms with Gasteiger partial charge in [0.2, 0.25) is 15.9 Å². The molecule has 1 rings (SSSR count). The van der Waals surface area contributed by atoms with Crippen LogP contribution in [-0.4, -0.2) is 69.9 Å². The minimum absolute atomic E-state index is 0.190. The molecule has 1 aliphatic heterocycles. The summed E-state index contributed by atoms with van der Waals surface area (Å²) in [6.07, 6.45) is 1.93. The Hall–Kier alpha value is -0.700. The number of nitrogens with zero attached hydrogens (tertiary/aromatic N) is 1. The average molecular weight is 349 g/mol. The molecule has 2 N–H and O–H groups in total. The Bertz CT molecular complexity index is 471. The van der Waals surface area contributed by atoms with Crippen molar-refractivity contribution in [2.45, 2.75) is 52.4 Å². The van der Waals surface area contributed by atoms with Crippen LogP contribution in [0.2, 0.25) is 0 Å². The summed E-state index contributed by atoms with van der Waals surface area (Å²) in [5, 5.41) is 2.84. The fourth-order valence-electron chi connectivity index (χ4n) is 2.87. The maximum atomic E-state index is 12.2. The molecule has 0 radical (unpaired) electrons. The average Bonchev–Trinajstić information content (AvgIpc) is 2.34. The molecule has 1 saturated heterocycles. The second-order valence-electron chi connectivity index (χ2n) is 6.88. The van der Waals surface area contributed by atoms with Gasteiger partial charge < -0.3 is 10.1 Å². The summed E-state index contributed by atoms with van der Waals surface area (Å²) in [5.41, 5.74) is 0. The molecule has 7 nitrogen and oxygen atoms in total. The van der Waals surface area contributed by atoms with Gasteiger partial charge in [-0.15, -0.1) is 0 Å². The molecule has 0 bridgehead atoms. The molecule has 0 saturated carbocycles. The Morgan fingerprint density at radius 2 is 1.83 bits per heavy atom. The van der Waals surface area contributed by atoms with Crippen molar-refractivity contribution in [1.82, 2.24) is 14.9 Å². The Kier molecular flexibility index (Phi) is 7.93. The van der Waals surface area contributed by atoms with Gasteiger partial charge in [0.1, 0.15) is 6.04 Å². The Morgan fingerprint density at radius 1 is 1.26 bits per heavy atom. The lowest BCUT2D eigenvalue weighted by molar-refractivity contribution is -0.123. The predicted molar refractivity (Wildman–Crippen MR) is 90.7 cm³/mol. The number of carbonyl (C=O) groups excluding carboxylic acids is 1. The SMILES string of the molecule is CC(C)CC(NS(C)(=O)=O)C(=O)NCCN1CC(C)OC(C)C1. The molecule has 136 valence electrons. The van der Waals surface area contributed by atoms with E-state index in [0.717, 1.165) is 25.9 Å². The summed E-state index contributed by atoms with van der Waals surface area (Å²) in [6.45, 7) is 10.9. The minimum Gasteiger partial charge on any atom is -0.373 e. The number of rotatable bonds is 8. The standard InChI is InChI=1S/C15H31N3O4S/c1-11(2)8-14(17-23(5,20)21)15(19)16-6-7-18-9-12(3)22-13(4)10-18/h11-14,17H,6-10H2,1-5H3,(H,16,19). The highest BCUT2D eigenvalue weighted by Crippen LogP contribution is 2.10. The topological polar surface area (TPSA) is 87.7 Å². The third kappa shape index (κ3) is 8.64. The molecule has 8 heteroatoms. The number of hydrogen-bond donors (Lipinski definition) is 2. The molecule has 0 aromatic rings.